The molecule has 0 amide bonds. The van der Waals surface area contributed by atoms with Crippen LogP contribution in [0, 0.1) is 5.82 Å². The van der Waals surface area contributed by atoms with Gasteiger partial charge in [-0.15, -0.1) is 11.6 Å². The largest absolute Gasteiger partial charge is 0.490 e. The van der Waals surface area contributed by atoms with Gasteiger partial charge >= 0.3 is 6.18 Å². The first-order valence-corrected chi connectivity index (χ1v) is 6.07. The van der Waals surface area contributed by atoms with Crippen LogP contribution in [0.2, 0.25) is 0 Å². The predicted octanol–water partition coefficient (Wildman–Crippen LogP) is 3.91. The Morgan fingerprint density at radius 2 is 1.89 bits per heavy atom. The molecule has 0 aliphatic rings. The van der Waals surface area contributed by atoms with E-state index in [1.807, 2.05) is 0 Å². The van der Waals surface area contributed by atoms with Gasteiger partial charge in [-0.2, -0.15) is 13.2 Å². The lowest BCUT2D eigenvalue weighted by molar-refractivity contribution is -0.174. The summed E-state index contributed by atoms with van der Waals surface area (Å²) in [6, 6.07) is 4.30. The van der Waals surface area contributed by atoms with Gasteiger partial charge in [-0.25, -0.2) is 4.39 Å². The van der Waals surface area contributed by atoms with Crippen molar-refractivity contribution in [1.29, 1.82) is 0 Å². The second-order valence-electron chi connectivity index (χ2n) is 3.77. The zero-order valence-electron chi connectivity index (χ0n) is 9.97. The Morgan fingerprint density at radius 3 is 2.47 bits per heavy atom. The average molecular weight is 301 g/mol. The highest BCUT2D eigenvalue weighted by molar-refractivity contribution is 6.17. The number of halogens is 5. The minimum Gasteiger partial charge on any atom is -0.490 e. The summed E-state index contributed by atoms with van der Waals surface area (Å²) in [5, 5.41) is 0. The second kappa shape index (κ2) is 7.55. The summed E-state index contributed by atoms with van der Waals surface area (Å²) in [6.07, 6.45) is -4.09. The normalized spacial score (nSPS) is 11.6. The fraction of sp³-hybridized carbons (Fsp3) is 0.500. The molecular formula is C12H13ClF4O2. The van der Waals surface area contributed by atoms with Gasteiger partial charge in [-0.05, 0) is 17.7 Å². The second-order valence-corrected chi connectivity index (χ2v) is 4.04. The SMILES string of the molecule is Fc1cc(CCl)ccc1OCCCOCC(F)(F)F. The quantitative estimate of drug-likeness (QED) is 0.432. The molecule has 0 aromatic heterocycles. The first kappa shape index (κ1) is 16.0. The van der Waals surface area contributed by atoms with Crippen molar-refractivity contribution in [3.8, 4) is 5.75 Å². The number of alkyl halides is 4. The van der Waals surface area contributed by atoms with Gasteiger partial charge in [0, 0.05) is 12.3 Å². The molecule has 0 saturated heterocycles. The Labute approximate surface area is 113 Å². The number of benzene rings is 1. The minimum atomic E-state index is -4.33. The maximum absolute atomic E-state index is 13.4. The third-order valence-electron chi connectivity index (χ3n) is 2.11. The van der Waals surface area contributed by atoms with E-state index in [2.05, 4.69) is 4.74 Å². The van der Waals surface area contributed by atoms with Crippen molar-refractivity contribution in [1.82, 2.24) is 0 Å². The molecule has 0 bridgehead atoms. The molecule has 0 saturated carbocycles. The molecule has 2 nitrogen and oxygen atoms in total. The predicted molar refractivity (Wildman–Crippen MR) is 62.9 cm³/mol. The summed E-state index contributed by atoms with van der Waals surface area (Å²) in [7, 11) is 0. The standard InChI is InChI=1S/C12H13ClF4O2/c13-7-9-2-3-11(10(14)6-9)19-5-1-4-18-8-12(15,16)17/h2-3,6H,1,4-5,7-8H2. The Morgan fingerprint density at radius 1 is 1.16 bits per heavy atom. The van der Waals surface area contributed by atoms with Gasteiger partial charge < -0.3 is 9.47 Å². The number of rotatable bonds is 7. The molecule has 0 fully saturated rings. The zero-order chi connectivity index (χ0) is 14.3. The molecule has 0 N–H and O–H groups in total. The Hall–Kier alpha value is -1.01. The van der Waals surface area contributed by atoms with Crippen LogP contribution >= 0.6 is 11.6 Å². The lowest BCUT2D eigenvalue weighted by Gasteiger charge is -2.09. The van der Waals surface area contributed by atoms with Crippen LogP contribution in [0.15, 0.2) is 18.2 Å². The molecule has 1 aromatic rings. The maximum atomic E-state index is 13.4. The van der Waals surface area contributed by atoms with Crippen molar-refractivity contribution in [2.45, 2.75) is 18.5 Å². The van der Waals surface area contributed by atoms with Gasteiger partial charge in [-0.1, -0.05) is 6.07 Å². The van der Waals surface area contributed by atoms with Crippen LogP contribution in [-0.2, 0) is 10.6 Å². The van der Waals surface area contributed by atoms with E-state index in [4.69, 9.17) is 16.3 Å². The highest BCUT2D eigenvalue weighted by atomic mass is 35.5. The summed E-state index contributed by atoms with van der Waals surface area (Å²) in [6.45, 7) is -1.30. The summed E-state index contributed by atoms with van der Waals surface area (Å²) in [5.41, 5.74) is 0.625. The molecule has 1 aromatic carbocycles. The molecule has 0 aliphatic heterocycles. The molecule has 19 heavy (non-hydrogen) atoms. The molecule has 0 heterocycles. The minimum absolute atomic E-state index is 0.0460. The molecule has 1 rings (SSSR count). The monoisotopic (exact) mass is 300 g/mol. The topological polar surface area (TPSA) is 18.5 Å². The first-order valence-electron chi connectivity index (χ1n) is 5.54. The van der Waals surface area contributed by atoms with Gasteiger partial charge in [0.25, 0.3) is 0 Å². The van der Waals surface area contributed by atoms with Gasteiger partial charge in [-0.3, -0.25) is 0 Å². The number of ether oxygens (including phenoxy) is 2. The lowest BCUT2D eigenvalue weighted by Crippen LogP contribution is -2.18. The van der Waals surface area contributed by atoms with E-state index in [9.17, 15) is 17.6 Å². The lowest BCUT2D eigenvalue weighted by atomic mass is 10.2. The van der Waals surface area contributed by atoms with Gasteiger partial charge in [0.15, 0.2) is 11.6 Å². The van der Waals surface area contributed by atoms with Crippen molar-refractivity contribution in [3.05, 3.63) is 29.6 Å². The van der Waals surface area contributed by atoms with E-state index >= 15 is 0 Å². The van der Waals surface area contributed by atoms with Crippen molar-refractivity contribution in [3.63, 3.8) is 0 Å². The van der Waals surface area contributed by atoms with Crippen LogP contribution in [-0.4, -0.2) is 26.0 Å². The van der Waals surface area contributed by atoms with E-state index in [0.717, 1.165) is 0 Å². The Bertz CT molecular complexity index is 396. The van der Waals surface area contributed by atoms with Crippen LogP contribution in [0.4, 0.5) is 17.6 Å². The van der Waals surface area contributed by atoms with E-state index < -0.39 is 18.6 Å². The average Bonchev–Trinajstić information content (AvgIpc) is 2.33. The molecule has 0 unspecified atom stereocenters. The maximum Gasteiger partial charge on any atom is 0.411 e. The van der Waals surface area contributed by atoms with E-state index in [1.54, 1.807) is 6.07 Å². The van der Waals surface area contributed by atoms with Crippen LogP contribution in [0.5, 0.6) is 5.75 Å². The third-order valence-corrected chi connectivity index (χ3v) is 2.42. The molecule has 0 aliphatic carbocycles. The van der Waals surface area contributed by atoms with Gasteiger partial charge in [0.1, 0.15) is 6.61 Å². The molecular weight excluding hydrogens is 288 g/mol. The zero-order valence-corrected chi connectivity index (χ0v) is 10.7. The molecule has 0 atom stereocenters. The highest BCUT2D eigenvalue weighted by Crippen LogP contribution is 2.19. The first-order chi connectivity index (χ1) is 8.92. The smallest absolute Gasteiger partial charge is 0.411 e. The fourth-order valence-electron chi connectivity index (χ4n) is 1.28. The van der Waals surface area contributed by atoms with Crippen LogP contribution in [0.1, 0.15) is 12.0 Å². The number of hydrogen-bond donors (Lipinski definition) is 0. The van der Waals surface area contributed by atoms with Crippen molar-refractivity contribution < 1.29 is 27.0 Å². The molecule has 7 heteroatoms. The summed E-state index contributed by atoms with van der Waals surface area (Å²) < 4.78 is 58.1. The summed E-state index contributed by atoms with van der Waals surface area (Å²) in [4.78, 5) is 0. The van der Waals surface area contributed by atoms with Gasteiger partial charge in [0.05, 0.1) is 13.2 Å². The van der Waals surface area contributed by atoms with Crippen LogP contribution < -0.4 is 4.74 Å². The van der Waals surface area contributed by atoms with Crippen LogP contribution in [0.25, 0.3) is 0 Å². The highest BCUT2D eigenvalue weighted by Gasteiger charge is 2.27. The molecule has 108 valence electrons. The molecule has 0 radical (unpaired) electrons. The fourth-order valence-corrected chi connectivity index (χ4v) is 1.44. The summed E-state index contributed by atoms with van der Waals surface area (Å²) in [5.74, 6) is -0.304. The molecule has 0 spiro atoms. The van der Waals surface area contributed by atoms with Crippen molar-refractivity contribution >= 4 is 11.6 Å². The Kier molecular flexibility index (Phi) is 6.37. The Balaban J connectivity index is 2.23. The van der Waals surface area contributed by atoms with Gasteiger partial charge in [0.2, 0.25) is 0 Å². The van der Waals surface area contributed by atoms with Crippen LogP contribution in [0.3, 0.4) is 0 Å². The summed E-state index contributed by atoms with van der Waals surface area (Å²) >= 11 is 5.53. The van der Waals surface area contributed by atoms with E-state index in [-0.39, 0.29) is 31.3 Å². The number of hydrogen-bond acceptors (Lipinski definition) is 2. The van der Waals surface area contributed by atoms with Crippen molar-refractivity contribution in [2.75, 3.05) is 19.8 Å². The van der Waals surface area contributed by atoms with Crippen molar-refractivity contribution in [2.24, 2.45) is 0 Å². The van der Waals surface area contributed by atoms with E-state index in [0.29, 0.717) is 5.56 Å². The third kappa shape index (κ3) is 6.63. The van der Waals surface area contributed by atoms with E-state index in [1.165, 1.54) is 12.1 Å².